The number of hydrogen-bond donors (Lipinski definition) is 0. The van der Waals surface area contributed by atoms with Crippen molar-refractivity contribution < 1.29 is 22.6 Å². The van der Waals surface area contributed by atoms with Crippen molar-refractivity contribution in [1.29, 1.82) is 0 Å². The zero-order valence-electron chi connectivity index (χ0n) is 13.6. The van der Waals surface area contributed by atoms with Crippen LogP contribution in [0.15, 0.2) is 12.1 Å². The first-order valence-electron chi connectivity index (χ1n) is 8.49. The monoisotopic (exact) mass is 328 g/mol. The molecule has 1 saturated carbocycles. The van der Waals surface area contributed by atoms with Gasteiger partial charge in [-0.3, -0.25) is 0 Å². The summed E-state index contributed by atoms with van der Waals surface area (Å²) < 4.78 is 53.5. The topological polar surface area (TPSA) is 18.5 Å². The Hall–Kier alpha value is -1.39. The highest BCUT2D eigenvalue weighted by atomic mass is 19.3. The first-order chi connectivity index (χ1) is 11.0. The number of hydrogen-bond acceptors (Lipinski definition) is 2. The predicted molar refractivity (Wildman–Crippen MR) is 81.6 cm³/mol. The van der Waals surface area contributed by atoms with Gasteiger partial charge in [0.05, 0.1) is 12.5 Å². The summed E-state index contributed by atoms with van der Waals surface area (Å²) in [5.74, 6) is -2.05. The Labute approximate surface area is 135 Å². The molecule has 3 rings (SSSR count). The minimum absolute atomic E-state index is 0.0276. The molecule has 2 aliphatic rings. The largest absolute Gasteiger partial charge is 0.491 e. The molecule has 3 atom stereocenters. The van der Waals surface area contributed by atoms with Crippen LogP contribution < -0.4 is 9.47 Å². The molecule has 23 heavy (non-hydrogen) atoms. The van der Waals surface area contributed by atoms with E-state index < -0.39 is 17.8 Å². The maximum atomic E-state index is 14.5. The molecule has 5 heteroatoms. The van der Waals surface area contributed by atoms with E-state index in [1.165, 1.54) is 6.07 Å². The van der Waals surface area contributed by atoms with Crippen molar-refractivity contribution in [2.24, 2.45) is 11.8 Å². The fourth-order valence-electron chi connectivity index (χ4n) is 4.10. The summed E-state index contributed by atoms with van der Waals surface area (Å²) >= 11 is 0. The highest BCUT2D eigenvalue weighted by molar-refractivity contribution is 5.47. The first-order valence-corrected chi connectivity index (χ1v) is 8.49. The van der Waals surface area contributed by atoms with E-state index in [1.54, 1.807) is 13.0 Å². The average Bonchev–Trinajstić information content (AvgIpc) is 2.51. The molecule has 1 fully saturated rings. The maximum absolute atomic E-state index is 14.5. The second kappa shape index (κ2) is 6.25. The number of ether oxygens (including phenoxy) is 2. The third-order valence-electron chi connectivity index (χ3n) is 5.12. The molecule has 1 aliphatic carbocycles. The molecular formula is C18H23F3O2. The van der Waals surface area contributed by atoms with Crippen LogP contribution in [0.4, 0.5) is 13.2 Å². The molecule has 0 saturated heterocycles. The standard InChI is InChI=1S/C18H23F3O2/c1-3-5-11-6-7-12-13-8-9-15(22-4-2)16(19)17(13)23-18(20,21)14(12)10-11/h8-9,11-12,14H,3-7,10H2,1-2H3. The van der Waals surface area contributed by atoms with E-state index in [4.69, 9.17) is 9.47 Å². The summed E-state index contributed by atoms with van der Waals surface area (Å²) in [6, 6.07) is 3.22. The first kappa shape index (κ1) is 16.5. The lowest BCUT2D eigenvalue weighted by Gasteiger charge is -2.44. The summed E-state index contributed by atoms with van der Waals surface area (Å²) in [6.07, 6.45) is 0.658. The van der Waals surface area contributed by atoms with E-state index in [0.29, 0.717) is 24.3 Å². The van der Waals surface area contributed by atoms with Gasteiger partial charge in [-0.2, -0.15) is 13.2 Å². The zero-order chi connectivity index (χ0) is 16.6. The van der Waals surface area contributed by atoms with Crippen LogP contribution in [0.1, 0.15) is 57.4 Å². The van der Waals surface area contributed by atoms with Crippen molar-refractivity contribution in [3.8, 4) is 11.5 Å². The van der Waals surface area contributed by atoms with Gasteiger partial charge in [-0.15, -0.1) is 0 Å². The van der Waals surface area contributed by atoms with Crippen LogP contribution in [0.25, 0.3) is 0 Å². The van der Waals surface area contributed by atoms with E-state index in [1.807, 2.05) is 0 Å². The lowest BCUT2D eigenvalue weighted by Crippen LogP contribution is -2.45. The Morgan fingerprint density at radius 3 is 2.74 bits per heavy atom. The molecule has 3 unspecified atom stereocenters. The molecule has 1 aliphatic heterocycles. The lowest BCUT2D eigenvalue weighted by atomic mass is 9.68. The van der Waals surface area contributed by atoms with Crippen LogP contribution >= 0.6 is 0 Å². The van der Waals surface area contributed by atoms with E-state index in [0.717, 1.165) is 19.3 Å². The molecule has 2 nitrogen and oxygen atoms in total. The molecule has 1 aromatic carbocycles. The highest BCUT2D eigenvalue weighted by Gasteiger charge is 2.54. The van der Waals surface area contributed by atoms with Crippen LogP contribution in [0.3, 0.4) is 0 Å². The van der Waals surface area contributed by atoms with Crippen LogP contribution in [-0.2, 0) is 0 Å². The van der Waals surface area contributed by atoms with Crippen LogP contribution in [0.5, 0.6) is 11.5 Å². The Balaban J connectivity index is 1.95. The van der Waals surface area contributed by atoms with Gasteiger partial charge in [0, 0.05) is 11.5 Å². The van der Waals surface area contributed by atoms with Gasteiger partial charge in [0.25, 0.3) is 0 Å². The smallest absolute Gasteiger partial charge is 0.401 e. The zero-order valence-corrected chi connectivity index (χ0v) is 13.6. The van der Waals surface area contributed by atoms with Crippen molar-refractivity contribution in [3.05, 3.63) is 23.5 Å². The summed E-state index contributed by atoms with van der Waals surface area (Å²) in [6.45, 7) is 4.07. The van der Waals surface area contributed by atoms with Crippen molar-refractivity contribution in [1.82, 2.24) is 0 Å². The van der Waals surface area contributed by atoms with Crippen molar-refractivity contribution in [2.45, 2.75) is 58.0 Å². The second-order valence-corrected chi connectivity index (χ2v) is 6.57. The van der Waals surface area contributed by atoms with Gasteiger partial charge < -0.3 is 9.47 Å². The van der Waals surface area contributed by atoms with Crippen molar-refractivity contribution in [2.75, 3.05) is 6.61 Å². The molecule has 0 N–H and O–H groups in total. The van der Waals surface area contributed by atoms with E-state index in [-0.39, 0.29) is 24.0 Å². The minimum atomic E-state index is -3.32. The Kier molecular flexibility index (Phi) is 4.47. The molecule has 0 amide bonds. The van der Waals surface area contributed by atoms with Gasteiger partial charge in [0.1, 0.15) is 0 Å². The van der Waals surface area contributed by atoms with Crippen LogP contribution in [0.2, 0.25) is 0 Å². The van der Waals surface area contributed by atoms with Gasteiger partial charge in [-0.25, -0.2) is 0 Å². The SMILES string of the molecule is CCCC1CCC2c3ccc(OCC)c(F)c3OC(F)(F)C2C1. The summed E-state index contributed by atoms with van der Waals surface area (Å²) in [5.41, 5.74) is 0.567. The molecule has 128 valence electrons. The fourth-order valence-corrected chi connectivity index (χ4v) is 4.10. The lowest BCUT2D eigenvalue weighted by molar-refractivity contribution is -0.240. The molecule has 0 radical (unpaired) electrons. The average molecular weight is 328 g/mol. The number of fused-ring (bicyclic) bond motifs is 3. The van der Waals surface area contributed by atoms with Crippen LogP contribution in [-0.4, -0.2) is 12.7 Å². The van der Waals surface area contributed by atoms with Gasteiger partial charge in [0.2, 0.25) is 5.82 Å². The third-order valence-corrected chi connectivity index (χ3v) is 5.12. The predicted octanol–water partition coefficient (Wildman–Crippen LogP) is 5.51. The Morgan fingerprint density at radius 2 is 2.04 bits per heavy atom. The number of rotatable bonds is 4. The molecular weight excluding hydrogens is 305 g/mol. The molecule has 0 aromatic heterocycles. The second-order valence-electron chi connectivity index (χ2n) is 6.57. The quantitative estimate of drug-likeness (QED) is 0.725. The highest BCUT2D eigenvalue weighted by Crippen LogP contribution is 2.55. The van der Waals surface area contributed by atoms with E-state index >= 15 is 0 Å². The fraction of sp³-hybridized carbons (Fsp3) is 0.667. The van der Waals surface area contributed by atoms with E-state index in [9.17, 15) is 13.2 Å². The van der Waals surface area contributed by atoms with E-state index in [2.05, 4.69) is 6.92 Å². The molecule has 1 heterocycles. The number of halogens is 3. The normalized spacial score (nSPS) is 28.5. The third kappa shape index (κ3) is 2.90. The Morgan fingerprint density at radius 1 is 1.26 bits per heavy atom. The van der Waals surface area contributed by atoms with Crippen LogP contribution in [0, 0.1) is 17.7 Å². The van der Waals surface area contributed by atoms with Gasteiger partial charge in [-0.1, -0.05) is 25.8 Å². The van der Waals surface area contributed by atoms with Gasteiger partial charge >= 0.3 is 6.11 Å². The van der Waals surface area contributed by atoms with Crippen molar-refractivity contribution >= 4 is 0 Å². The minimum Gasteiger partial charge on any atom is -0.491 e. The number of benzene rings is 1. The summed E-state index contributed by atoms with van der Waals surface area (Å²) in [4.78, 5) is 0. The molecule has 0 spiro atoms. The van der Waals surface area contributed by atoms with Crippen molar-refractivity contribution in [3.63, 3.8) is 0 Å². The maximum Gasteiger partial charge on any atom is 0.401 e. The van der Waals surface area contributed by atoms with Gasteiger partial charge in [-0.05, 0) is 38.2 Å². The summed E-state index contributed by atoms with van der Waals surface area (Å²) in [7, 11) is 0. The Bertz CT molecular complexity index is 574. The van der Waals surface area contributed by atoms with Gasteiger partial charge in [0.15, 0.2) is 11.5 Å². The molecule has 1 aromatic rings. The number of alkyl halides is 2. The summed E-state index contributed by atoms with van der Waals surface area (Å²) in [5, 5.41) is 0. The molecule has 0 bridgehead atoms.